The number of nitrogens with zero attached hydrogens (tertiary/aromatic N) is 2. The minimum atomic E-state index is 0.915. The predicted molar refractivity (Wildman–Crippen MR) is 64.1 cm³/mol. The highest BCUT2D eigenvalue weighted by Crippen LogP contribution is 2.11. The van der Waals surface area contributed by atoms with Gasteiger partial charge in [0.2, 0.25) is 0 Å². The SMILES string of the molecule is CCN1CCCN(CC2CCNC2)CC1. The van der Waals surface area contributed by atoms with E-state index >= 15 is 0 Å². The average Bonchev–Trinajstić information content (AvgIpc) is 2.64. The number of rotatable bonds is 3. The van der Waals surface area contributed by atoms with E-state index in [1.165, 1.54) is 65.2 Å². The third-order valence-corrected chi connectivity index (χ3v) is 3.81. The molecule has 2 rings (SSSR count). The standard InChI is InChI=1S/C12H25N3/c1-2-14-6-3-7-15(9-8-14)11-12-4-5-13-10-12/h12-13H,2-11H2,1H3. The van der Waals surface area contributed by atoms with Crippen molar-refractivity contribution in [3.05, 3.63) is 0 Å². The average molecular weight is 211 g/mol. The Balaban J connectivity index is 1.72. The molecule has 0 aromatic rings. The molecule has 0 amide bonds. The minimum absolute atomic E-state index is 0.915. The molecule has 0 bridgehead atoms. The van der Waals surface area contributed by atoms with Crippen LogP contribution in [-0.2, 0) is 0 Å². The van der Waals surface area contributed by atoms with E-state index in [-0.39, 0.29) is 0 Å². The lowest BCUT2D eigenvalue weighted by Crippen LogP contribution is -2.34. The molecule has 1 N–H and O–H groups in total. The lowest BCUT2D eigenvalue weighted by atomic mass is 10.1. The Morgan fingerprint density at radius 2 is 1.93 bits per heavy atom. The van der Waals surface area contributed by atoms with Crippen molar-refractivity contribution in [1.82, 2.24) is 15.1 Å². The Kier molecular flexibility index (Phi) is 4.42. The van der Waals surface area contributed by atoms with Crippen LogP contribution in [0.1, 0.15) is 19.8 Å². The normalized spacial score (nSPS) is 30.6. The first kappa shape index (κ1) is 11.4. The summed E-state index contributed by atoms with van der Waals surface area (Å²) in [6, 6.07) is 0. The van der Waals surface area contributed by atoms with Crippen molar-refractivity contribution in [2.45, 2.75) is 19.8 Å². The van der Waals surface area contributed by atoms with Crippen LogP contribution in [0.5, 0.6) is 0 Å². The topological polar surface area (TPSA) is 18.5 Å². The zero-order valence-electron chi connectivity index (χ0n) is 10.0. The largest absolute Gasteiger partial charge is 0.316 e. The summed E-state index contributed by atoms with van der Waals surface area (Å²) in [4.78, 5) is 5.25. The van der Waals surface area contributed by atoms with Crippen molar-refractivity contribution in [3.8, 4) is 0 Å². The van der Waals surface area contributed by atoms with Crippen molar-refractivity contribution in [3.63, 3.8) is 0 Å². The summed E-state index contributed by atoms with van der Waals surface area (Å²) in [5.41, 5.74) is 0. The quantitative estimate of drug-likeness (QED) is 0.738. The Morgan fingerprint density at radius 3 is 2.67 bits per heavy atom. The fraction of sp³-hybridized carbons (Fsp3) is 1.00. The summed E-state index contributed by atoms with van der Waals surface area (Å²) in [6.45, 7) is 12.5. The van der Waals surface area contributed by atoms with Gasteiger partial charge in [-0.15, -0.1) is 0 Å². The Morgan fingerprint density at radius 1 is 1.13 bits per heavy atom. The van der Waals surface area contributed by atoms with E-state index in [4.69, 9.17) is 0 Å². The first-order chi connectivity index (χ1) is 7.38. The van der Waals surface area contributed by atoms with Crippen LogP contribution in [0, 0.1) is 5.92 Å². The van der Waals surface area contributed by atoms with Gasteiger partial charge >= 0.3 is 0 Å². The molecule has 0 spiro atoms. The van der Waals surface area contributed by atoms with E-state index in [0.717, 1.165) is 5.92 Å². The molecular formula is C12H25N3. The molecule has 0 aromatic heterocycles. The maximum Gasteiger partial charge on any atom is 0.0109 e. The predicted octanol–water partition coefficient (Wildman–Crippen LogP) is 0.624. The molecule has 15 heavy (non-hydrogen) atoms. The molecule has 2 heterocycles. The number of hydrogen-bond acceptors (Lipinski definition) is 3. The van der Waals surface area contributed by atoms with Gasteiger partial charge in [-0.2, -0.15) is 0 Å². The molecule has 2 saturated heterocycles. The fourth-order valence-corrected chi connectivity index (χ4v) is 2.76. The van der Waals surface area contributed by atoms with E-state index < -0.39 is 0 Å². The second kappa shape index (κ2) is 5.83. The van der Waals surface area contributed by atoms with E-state index in [0.29, 0.717) is 0 Å². The third kappa shape index (κ3) is 3.44. The molecule has 3 nitrogen and oxygen atoms in total. The smallest absolute Gasteiger partial charge is 0.0109 e. The van der Waals surface area contributed by atoms with E-state index in [2.05, 4.69) is 22.0 Å². The van der Waals surface area contributed by atoms with Crippen LogP contribution in [0.4, 0.5) is 0 Å². The van der Waals surface area contributed by atoms with Crippen LogP contribution < -0.4 is 5.32 Å². The van der Waals surface area contributed by atoms with Crippen LogP contribution >= 0.6 is 0 Å². The second-order valence-electron chi connectivity index (χ2n) is 4.95. The van der Waals surface area contributed by atoms with Crippen LogP contribution in [0.15, 0.2) is 0 Å². The van der Waals surface area contributed by atoms with Crippen molar-refractivity contribution in [2.75, 3.05) is 52.4 Å². The van der Waals surface area contributed by atoms with Crippen molar-refractivity contribution in [1.29, 1.82) is 0 Å². The molecule has 3 heteroatoms. The van der Waals surface area contributed by atoms with Gasteiger partial charge in [0, 0.05) is 19.6 Å². The summed E-state index contributed by atoms with van der Waals surface area (Å²) in [5.74, 6) is 0.915. The lowest BCUT2D eigenvalue weighted by molar-refractivity contribution is 0.236. The number of nitrogens with one attached hydrogen (secondary N) is 1. The van der Waals surface area contributed by atoms with Gasteiger partial charge in [0.05, 0.1) is 0 Å². The molecule has 2 fully saturated rings. The van der Waals surface area contributed by atoms with Gasteiger partial charge in [0.15, 0.2) is 0 Å². The summed E-state index contributed by atoms with van der Waals surface area (Å²) in [7, 11) is 0. The maximum absolute atomic E-state index is 3.46. The summed E-state index contributed by atoms with van der Waals surface area (Å²) >= 11 is 0. The first-order valence-electron chi connectivity index (χ1n) is 6.54. The number of likely N-dealkylation sites (N-methyl/N-ethyl adjacent to an activating group) is 1. The summed E-state index contributed by atoms with van der Waals surface area (Å²) in [5, 5.41) is 3.46. The van der Waals surface area contributed by atoms with Crippen molar-refractivity contribution < 1.29 is 0 Å². The molecule has 0 aromatic carbocycles. The molecular weight excluding hydrogens is 186 g/mol. The van der Waals surface area contributed by atoms with Gasteiger partial charge < -0.3 is 15.1 Å². The van der Waals surface area contributed by atoms with Gasteiger partial charge in [-0.1, -0.05) is 6.92 Å². The zero-order chi connectivity index (χ0) is 10.5. The van der Waals surface area contributed by atoms with E-state index in [1.807, 2.05) is 0 Å². The third-order valence-electron chi connectivity index (χ3n) is 3.81. The summed E-state index contributed by atoms with van der Waals surface area (Å²) < 4.78 is 0. The Hall–Kier alpha value is -0.120. The van der Waals surface area contributed by atoms with E-state index in [9.17, 15) is 0 Å². The highest BCUT2D eigenvalue weighted by molar-refractivity contribution is 4.77. The summed E-state index contributed by atoms with van der Waals surface area (Å²) in [6.07, 6.45) is 2.74. The number of hydrogen-bond donors (Lipinski definition) is 1. The molecule has 0 saturated carbocycles. The highest BCUT2D eigenvalue weighted by atomic mass is 15.2. The van der Waals surface area contributed by atoms with Crippen molar-refractivity contribution in [2.24, 2.45) is 5.92 Å². The monoisotopic (exact) mass is 211 g/mol. The molecule has 0 aliphatic carbocycles. The van der Waals surface area contributed by atoms with Crippen LogP contribution in [0.25, 0.3) is 0 Å². The first-order valence-corrected chi connectivity index (χ1v) is 6.54. The molecule has 1 atom stereocenters. The zero-order valence-corrected chi connectivity index (χ0v) is 10.0. The second-order valence-corrected chi connectivity index (χ2v) is 4.95. The molecule has 2 aliphatic rings. The van der Waals surface area contributed by atoms with Gasteiger partial charge in [0.25, 0.3) is 0 Å². The van der Waals surface area contributed by atoms with Crippen LogP contribution in [-0.4, -0.2) is 62.2 Å². The lowest BCUT2D eigenvalue weighted by Gasteiger charge is -2.23. The van der Waals surface area contributed by atoms with Crippen LogP contribution in [0.3, 0.4) is 0 Å². The van der Waals surface area contributed by atoms with Gasteiger partial charge in [-0.05, 0) is 51.5 Å². The molecule has 88 valence electrons. The van der Waals surface area contributed by atoms with Crippen molar-refractivity contribution >= 4 is 0 Å². The van der Waals surface area contributed by atoms with Gasteiger partial charge in [0.1, 0.15) is 0 Å². The highest BCUT2D eigenvalue weighted by Gasteiger charge is 2.20. The van der Waals surface area contributed by atoms with E-state index in [1.54, 1.807) is 0 Å². The minimum Gasteiger partial charge on any atom is -0.316 e. The van der Waals surface area contributed by atoms with Gasteiger partial charge in [-0.25, -0.2) is 0 Å². The van der Waals surface area contributed by atoms with Gasteiger partial charge in [-0.3, -0.25) is 0 Å². The Bertz CT molecular complexity index is 178. The molecule has 0 radical (unpaired) electrons. The fourth-order valence-electron chi connectivity index (χ4n) is 2.76. The Labute approximate surface area is 93.8 Å². The molecule has 1 unspecified atom stereocenters. The van der Waals surface area contributed by atoms with Crippen LogP contribution in [0.2, 0.25) is 0 Å². The molecule has 2 aliphatic heterocycles. The maximum atomic E-state index is 3.46.